The molecule has 0 fully saturated rings. The van der Waals surface area contributed by atoms with Crippen LogP contribution in [0.25, 0.3) is 10.8 Å². The number of anilines is 1. The van der Waals surface area contributed by atoms with E-state index in [0.717, 1.165) is 12.1 Å². The Kier molecular flexibility index (Phi) is 6.30. The van der Waals surface area contributed by atoms with Crippen LogP contribution in [0, 0.1) is 11.8 Å². The van der Waals surface area contributed by atoms with Crippen LogP contribution in [0.15, 0.2) is 78.9 Å². The third-order valence-electron chi connectivity index (χ3n) is 4.63. The van der Waals surface area contributed by atoms with Crippen LogP contribution >= 0.6 is 0 Å². The lowest BCUT2D eigenvalue weighted by Gasteiger charge is -2.15. The van der Waals surface area contributed by atoms with Crippen molar-refractivity contribution in [1.82, 2.24) is 5.32 Å². The molecular weight excluding hydrogens is 328 g/mol. The summed E-state index contributed by atoms with van der Waals surface area (Å²) in [6, 6.07) is 23.6. The summed E-state index contributed by atoms with van der Waals surface area (Å²) in [6.45, 7) is 2.99. The lowest BCUT2D eigenvalue weighted by molar-refractivity contribution is 0.621. The molecule has 0 aromatic heterocycles. The van der Waals surface area contributed by atoms with Gasteiger partial charge in [0.1, 0.15) is 0 Å². The molecule has 3 rings (SSSR count). The van der Waals surface area contributed by atoms with Crippen LogP contribution < -0.4 is 10.2 Å². The number of rotatable bonds is 5. The zero-order chi connectivity index (χ0) is 19.1. The maximum atomic E-state index is 3.55. The Morgan fingerprint density at radius 3 is 2.48 bits per heavy atom. The number of nitrogens with zero attached hydrogens (tertiary/aromatic N) is 1. The van der Waals surface area contributed by atoms with Gasteiger partial charge in [-0.1, -0.05) is 60.4 Å². The molecule has 1 N–H and O–H groups in total. The summed E-state index contributed by atoms with van der Waals surface area (Å²) in [5, 5.41) is 6.14. The van der Waals surface area contributed by atoms with E-state index in [2.05, 4.69) is 102 Å². The highest BCUT2D eigenvalue weighted by Gasteiger charge is 2.07. The van der Waals surface area contributed by atoms with Crippen molar-refractivity contribution >= 4 is 16.5 Å². The Balaban J connectivity index is 1.55. The molecule has 0 spiro atoms. The van der Waals surface area contributed by atoms with Crippen molar-refractivity contribution in [2.45, 2.75) is 13.0 Å². The van der Waals surface area contributed by atoms with Crippen molar-refractivity contribution < 1.29 is 0 Å². The molecule has 27 heavy (non-hydrogen) atoms. The number of hydrogen-bond acceptors (Lipinski definition) is 2. The lowest BCUT2D eigenvalue weighted by Crippen LogP contribution is -2.18. The summed E-state index contributed by atoms with van der Waals surface area (Å²) in [4.78, 5) is 2.08. The van der Waals surface area contributed by atoms with E-state index in [9.17, 15) is 0 Å². The number of fused-ring (bicyclic) bond motifs is 1. The van der Waals surface area contributed by atoms with Gasteiger partial charge in [0.2, 0.25) is 0 Å². The lowest BCUT2D eigenvalue weighted by atomic mass is 10.00. The normalized spacial score (nSPS) is 12.0. The number of allylic oxidation sites excluding steroid dienone is 1. The Morgan fingerprint density at radius 1 is 0.963 bits per heavy atom. The number of nitrogens with one attached hydrogen (secondary N) is 1. The molecule has 0 heterocycles. The minimum absolute atomic E-state index is 0.285. The van der Waals surface area contributed by atoms with Gasteiger partial charge in [0.05, 0.1) is 0 Å². The smallest absolute Gasteiger partial charge is 0.0361 e. The first kappa shape index (κ1) is 18.8. The van der Waals surface area contributed by atoms with Gasteiger partial charge in [-0.3, -0.25) is 0 Å². The van der Waals surface area contributed by atoms with Crippen molar-refractivity contribution in [3.63, 3.8) is 0 Å². The molecule has 2 heteroatoms. The Morgan fingerprint density at radius 2 is 1.70 bits per heavy atom. The highest BCUT2D eigenvalue weighted by atomic mass is 15.1. The van der Waals surface area contributed by atoms with E-state index in [1.54, 1.807) is 0 Å². The van der Waals surface area contributed by atoms with Crippen LogP contribution in [-0.2, 0) is 0 Å². The second kappa shape index (κ2) is 9.07. The van der Waals surface area contributed by atoms with E-state index >= 15 is 0 Å². The maximum Gasteiger partial charge on any atom is 0.0361 e. The maximum absolute atomic E-state index is 3.55. The van der Waals surface area contributed by atoms with E-state index in [-0.39, 0.29) is 6.04 Å². The van der Waals surface area contributed by atoms with Gasteiger partial charge in [0, 0.05) is 37.9 Å². The van der Waals surface area contributed by atoms with E-state index in [4.69, 9.17) is 0 Å². The van der Waals surface area contributed by atoms with Crippen LogP contribution in [0.2, 0.25) is 0 Å². The monoisotopic (exact) mass is 354 g/mol. The molecule has 0 bridgehead atoms. The molecule has 3 aromatic carbocycles. The van der Waals surface area contributed by atoms with Crippen molar-refractivity contribution in [3.05, 3.63) is 90.0 Å². The van der Waals surface area contributed by atoms with Crippen LogP contribution in [0.4, 0.5) is 5.69 Å². The third kappa shape index (κ3) is 5.00. The fourth-order valence-electron chi connectivity index (χ4n) is 3.07. The predicted molar refractivity (Wildman–Crippen MR) is 117 cm³/mol. The molecular formula is C25H26N2. The summed E-state index contributed by atoms with van der Waals surface area (Å²) in [6.07, 6.45) is 3.99. The SMILES string of the molecule is C[C@@H](NC/C=C/C#Cc1ccc(N(C)C)cc1)c1cccc2ccccc12. The number of benzene rings is 3. The van der Waals surface area contributed by atoms with E-state index in [1.807, 2.05) is 20.2 Å². The van der Waals surface area contributed by atoms with Gasteiger partial charge in [-0.15, -0.1) is 0 Å². The molecule has 3 aromatic rings. The summed E-state index contributed by atoms with van der Waals surface area (Å²) >= 11 is 0. The summed E-state index contributed by atoms with van der Waals surface area (Å²) in [7, 11) is 4.07. The van der Waals surface area contributed by atoms with Gasteiger partial charge in [-0.2, -0.15) is 0 Å². The molecule has 0 saturated heterocycles. The first-order chi connectivity index (χ1) is 13.1. The third-order valence-corrected chi connectivity index (χ3v) is 4.63. The zero-order valence-corrected chi connectivity index (χ0v) is 16.2. The predicted octanol–water partition coefficient (Wildman–Crippen LogP) is 5.16. The van der Waals surface area contributed by atoms with Gasteiger partial charge in [-0.25, -0.2) is 0 Å². The molecule has 0 aliphatic rings. The molecule has 1 atom stereocenters. The first-order valence-electron chi connectivity index (χ1n) is 9.30. The fraction of sp³-hybridized carbons (Fsp3) is 0.200. The summed E-state index contributed by atoms with van der Waals surface area (Å²) in [5.74, 6) is 6.28. The van der Waals surface area contributed by atoms with Gasteiger partial charge in [0.15, 0.2) is 0 Å². The van der Waals surface area contributed by atoms with Gasteiger partial charge < -0.3 is 10.2 Å². The van der Waals surface area contributed by atoms with Crippen LogP contribution in [-0.4, -0.2) is 20.6 Å². The van der Waals surface area contributed by atoms with Crippen molar-refractivity contribution in [1.29, 1.82) is 0 Å². The van der Waals surface area contributed by atoms with Crippen LogP contribution in [0.1, 0.15) is 24.1 Å². The molecule has 0 aliphatic carbocycles. The molecule has 136 valence electrons. The minimum atomic E-state index is 0.285. The van der Waals surface area contributed by atoms with E-state index in [1.165, 1.54) is 22.0 Å². The highest BCUT2D eigenvalue weighted by molar-refractivity contribution is 5.86. The Hall–Kier alpha value is -3.02. The average molecular weight is 354 g/mol. The Labute approximate surface area is 162 Å². The van der Waals surface area contributed by atoms with E-state index in [0.29, 0.717) is 0 Å². The molecule has 0 amide bonds. The fourth-order valence-corrected chi connectivity index (χ4v) is 3.07. The Bertz CT molecular complexity index is 967. The molecule has 0 unspecified atom stereocenters. The minimum Gasteiger partial charge on any atom is -0.378 e. The topological polar surface area (TPSA) is 15.3 Å². The molecule has 0 aliphatic heterocycles. The second-order valence-electron chi connectivity index (χ2n) is 6.81. The van der Waals surface area contributed by atoms with Crippen molar-refractivity contribution in [2.75, 3.05) is 25.5 Å². The summed E-state index contributed by atoms with van der Waals surface area (Å²) < 4.78 is 0. The standard InChI is InChI=1S/C25H26N2/c1-20(24-14-9-12-22-11-6-7-13-25(22)24)26-19-8-4-5-10-21-15-17-23(18-16-21)27(2)3/h4,6-9,11-18,20,26H,19H2,1-3H3/b8-4+/t20-/m1/s1. The molecule has 0 radical (unpaired) electrons. The van der Waals surface area contributed by atoms with Crippen LogP contribution in [0.5, 0.6) is 0 Å². The molecule has 0 saturated carbocycles. The average Bonchev–Trinajstić information content (AvgIpc) is 2.70. The second-order valence-corrected chi connectivity index (χ2v) is 6.81. The van der Waals surface area contributed by atoms with Gasteiger partial charge in [0.25, 0.3) is 0 Å². The van der Waals surface area contributed by atoms with Crippen LogP contribution in [0.3, 0.4) is 0 Å². The summed E-state index contributed by atoms with van der Waals surface area (Å²) in [5.41, 5.74) is 3.54. The van der Waals surface area contributed by atoms with Crippen molar-refractivity contribution in [3.8, 4) is 11.8 Å². The van der Waals surface area contributed by atoms with Gasteiger partial charge in [-0.05, 0) is 53.6 Å². The zero-order valence-electron chi connectivity index (χ0n) is 16.2. The van der Waals surface area contributed by atoms with E-state index < -0.39 is 0 Å². The first-order valence-corrected chi connectivity index (χ1v) is 9.30. The molecule has 2 nitrogen and oxygen atoms in total. The number of hydrogen-bond donors (Lipinski definition) is 1. The van der Waals surface area contributed by atoms with Gasteiger partial charge >= 0.3 is 0 Å². The quantitative estimate of drug-likeness (QED) is 0.636. The highest BCUT2D eigenvalue weighted by Crippen LogP contribution is 2.23. The van der Waals surface area contributed by atoms with Crippen molar-refractivity contribution in [2.24, 2.45) is 0 Å². The largest absolute Gasteiger partial charge is 0.378 e.